The molecule has 106 heavy (non-hydrogen) atoms. The second-order valence-electron chi connectivity index (χ2n) is 29.6. The van der Waals surface area contributed by atoms with Crippen molar-refractivity contribution < 1.29 is 89.4 Å². The van der Waals surface area contributed by atoms with Gasteiger partial charge in [0.25, 0.3) is 0 Å². The van der Waals surface area contributed by atoms with Crippen molar-refractivity contribution in [3.63, 3.8) is 0 Å². The predicted molar refractivity (Wildman–Crippen MR) is 424 cm³/mol. The van der Waals surface area contributed by atoms with E-state index in [0.717, 1.165) is 116 Å². The van der Waals surface area contributed by atoms with Gasteiger partial charge in [0.15, 0.2) is 18.9 Å². The fourth-order valence-corrected chi connectivity index (χ4v) is 13.6. The molecule has 0 aromatic heterocycles. The van der Waals surface area contributed by atoms with Crippen molar-refractivity contribution in [1.82, 2.24) is 5.32 Å². The summed E-state index contributed by atoms with van der Waals surface area (Å²) in [5.41, 5.74) is 0. The molecular formula is C87H151NO18. The van der Waals surface area contributed by atoms with Gasteiger partial charge in [0.2, 0.25) is 5.91 Å². The van der Waals surface area contributed by atoms with Gasteiger partial charge in [-0.3, -0.25) is 4.79 Å². The molecule has 19 nitrogen and oxygen atoms in total. The Balaban J connectivity index is 1.37. The summed E-state index contributed by atoms with van der Waals surface area (Å²) in [4.78, 5) is 13.5. The molecular weight excluding hydrogens is 1350 g/mol. The first-order valence-corrected chi connectivity index (χ1v) is 42.1. The number of hydrogen-bond acceptors (Lipinski definition) is 18. The molecule has 612 valence electrons. The minimum Gasteiger partial charge on any atom is -0.394 e. The smallest absolute Gasteiger partial charge is 0.220 e. The molecule has 0 saturated carbocycles. The third kappa shape index (κ3) is 45.1. The van der Waals surface area contributed by atoms with Gasteiger partial charge in [-0.1, -0.05) is 322 Å². The summed E-state index contributed by atoms with van der Waals surface area (Å²) in [6, 6.07) is -0.988. The molecule has 3 saturated heterocycles. The van der Waals surface area contributed by atoms with Crippen molar-refractivity contribution in [1.29, 1.82) is 0 Å². The highest BCUT2D eigenvalue weighted by molar-refractivity contribution is 5.76. The van der Waals surface area contributed by atoms with Crippen LogP contribution in [-0.2, 0) is 33.2 Å². The first-order valence-electron chi connectivity index (χ1n) is 42.1. The van der Waals surface area contributed by atoms with E-state index in [9.17, 15) is 61.0 Å². The summed E-state index contributed by atoms with van der Waals surface area (Å²) in [5, 5.41) is 121. The molecule has 12 N–H and O–H groups in total. The number of carbonyl (C=O) groups is 1. The second-order valence-corrected chi connectivity index (χ2v) is 29.6. The largest absolute Gasteiger partial charge is 0.394 e. The zero-order chi connectivity index (χ0) is 76.7. The Morgan fingerprint density at radius 2 is 0.651 bits per heavy atom. The summed E-state index contributed by atoms with van der Waals surface area (Å²) in [6.07, 6.45) is 64.9. The monoisotopic (exact) mass is 1500 g/mol. The Kier molecular flexibility index (Phi) is 60.3. The van der Waals surface area contributed by atoms with Crippen molar-refractivity contribution in [2.75, 3.05) is 26.4 Å². The highest BCUT2D eigenvalue weighted by atomic mass is 16.8. The molecule has 3 aliphatic rings. The van der Waals surface area contributed by atoms with Gasteiger partial charge in [0, 0.05) is 6.42 Å². The maximum absolute atomic E-state index is 13.5. The number of allylic oxidation sites excluding steroid dienone is 17. The zero-order valence-corrected chi connectivity index (χ0v) is 65.6. The summed E-state index contributed by atoms with van der Waals surface area (Å²) >= 11 is 0. The Labute approximate surface area is 640 Å². The Morgan fingerprint density at radius 3 is 1.02 bits per heavy atom. The van der Waals surface area contributed by atoms with E-state index in [4.69, 9.17) is 28.4 Å². The number of rotatable bonds is 66. The van der Waals surface area contributed by atoms with Gasteiger partial charge in [0.05, 0.1) is 38.6 Å². The molecule has 3 fully saturated rings. The third-order valence-corrected chi connectivity index (χ3v) is 20.3. The molecule has 0 aromatic carbocycles. The van der Waals surface area contributed by atoms with Crippen LogP contribution in [0.5, 0.6) is 0 Å². The van der Waals surface area contributed by atoms with Crippen molar-refractivity contribution in [3.05, 3.63) is 109 Å². The molecule has 3 heterocycles. The minimum atomic E-state index is -1.99. The quantitative estimate of drug-likeness (QED) is 0.0199. The number of amides is 1. The van der Waals surface area contributed by atoms with Gasteiger partial charge < -0.3 is 89.9 Å². The third-order valence-electron chi connectivity index (χ3n) is 20.3. The van der Waals surface area contributed by atoms with Gasteiger partial charge >= 0.3 is 0 Å². The van der Waals surface area contributed by atoms with Crippen LogP contribution >= 0.6 is 0 Å². The lowest BCUT2D eigenvalue weighted by atomic mass is 9.96. The Hall–Kier alpha value is -3.55. The summed E-state index contributed by atoms with van der Waals surface area (Å²) in [5.74, 6) is -0.285. The van der Waals surface area contributed by atoms with Gasteiger partial charge in [-0.25, -0.2) is 0 Å². The highest BCUT2D eigenvalue weighted by Crippen LogP contribution is 2.33. The van der Waals surface area contributed by atoms with Crippen LogP contribution in [0.1, 0.15) is 303 Å². The van der Waals surface area contributed by atoms with Crippen molar-refractivity contribution in [3.8, 4) is 0 Å². The predicted octanol–water partition coefficient (Wildman–Crippen LogP) is 14.9. The lowest BCUT2D eigenvalue weighted by Gasteiger charge is -2.48. The number of nitrogens with one attached hydrogen (secondary N) is 1. The van der Waals surface area contributed by atoms with Crippen LogP contribution < -0.4 is 5.32 Å². The van der Waals surface area contributed by atoms with Crippen LogP contribution in [0, 0.1) is 0 Å². The van der Waals surface area contributed by atoms with Crippen LogP contribution in [0.4, 0.5) is 0 Å². The maximum Gasteiger partial charge on any atom is 0.220 e. The van der Waals surface area contributed by atoms with Crippen LogP contribution in [-0.4, -0.2) is 193 Å². The van der Waals surface area contributed by atoms with Crippen molar-refractivity contribution in [2.24, 2.45) is 0 Å². The zero-order valence-electron chi connectivity index (χ0n) is 65.6. The molecule has 19 heteroatoms. The molecule has 0 aliphatic carbocycles. The van der Waals surface area contributed by atoms with Crippen molar-refractivity contribution in [2.45, 2.75) is 407 Å². The fraction of sp³-hybridized carbons (Fsp3) is 0.782. The Bertz CT molecular complexity index is 2340. The molecule has 0 bridgehead atoms. The fourth-order valence-electron chi connectivity index (χ4n) is 13.6. The number of ether oxygens (including phenoxy) is 6. The van der Waals surface area contributed by atoms with Crippen LogP contribution in [0.2, 0.25) is 0 Å². The average Bonchev–Trinajstić information content (AvgIpc) is 0.781. The minimum absolute atomic E-state index is 0.227. The van der Waals surface area contributed by atoms with Crippen molar-refractivity contribution >= 4 is 5.91 Å². The first-order chi connectivity index (χ1) is 51.8. The van der Waals surface area contributed by atoms with E-state index in [0.29, 0.717) is 6.42 Å². The van der Waals surface area contributed by atoms with Crippen LogP contribution in [0.15, 0.2) is 109 Å². The van der Waals surface area contributed by atoms with E-state index in [-0.39, 0.29) is 18.9 Å². The number of aliphatic hydroxyl groups is 11. The number of carbonyl (C=O) groups excluding carboxylic acids is 1. The molecule has 3 rings (SSSR count). The van der Waals surface area contributed by atoms with Gasteiger partial charge in [-0.2, -0.15) is 0 Å². The Morgan fingerprint density at radius 1 is 0.349 bits per heavy atom. The second kappa shape index (κ2) is 66.1. The van der Waals surface area contributed by atoms with E-state index in [2.05, 4.69) is 116 Å². The van der Waals surface area contributed by atoms with E-state index >= 15 is 0 Å². The van der Waals surface area contributed by atoms with E-state index in [1.807, 2.05) is 6.08 Å². The maximum atomic E-state index is 13.5. The van der Waals surface area contributed by atoms with Crippen LogP contribution in [0.3, 0.4) is 0 Å². The highest BCUT2D eigenvalue weighted by Gasteiger charge is 2.54. The summed E-state index contributed by atoms with van der Waals surface area (Å²) < 4.78 is 34.5. The number of hydrogen-bond donors (Lipinski definition) is 12. The van der Waals surface area contributed by atoms with Crippen LogP contribution in [0.25, 0.3) is 0 Å². The molecule has 3 aliphatic heterocycles. The van der Waals surface area contributed by atoms with E-state index < -0.39 is 124 Å². The summed E-state index contributed by atoms with van der Waals surface area (Å²) in [6.45, 7) is 1.64. The van der Waals surface area contributed by atoms with E-state index in [1.165, 1.54) is 161 Å². The first kappa shape index (κ1) is 96.6. The lowest BCUT2D eigenvalue weighted by Crippen LogP contribution is -2.66. The topological polar surface area (TPSA) is 307 Å². The van der Waals surface area contributed by atoms with Gasteiger partial charge in [-0.05, 0) is 83.5 Å². The lowest BCUT2D eigenvalue weighted by molar-refractivity contribution is -0.379. The molecule has 0 spiro atoms. The molecule has 0 radical (unpaired) electrons. The number of aliphatic hydroxyl groups excluding tert-OH is 11. The van der Waals surface area contributed by atoms with Gasteiger partial charge in [0.1, 0.15) is 73.2 Å². The standard InChI is InChI=1S/C87H151NO18/c1-3-5-7-9-11-13-15-17-19-21-23-25-27-29-31-33-34-35-36-37-39-41-43-45-47-49-51-53-55-57-59-61-63-65-75(93)88-70(71(92)64-62-60-58-56-54-52-50-48-46-44-42-40-38-32-30-28-26-24-22-20-18-16-14-12-10-8-6-4-2)69-101-85-81(99)78(96)83(73(67-90)103-85)106-87-82(100)79(97)84(74(68-91)104-87)105-86-80(98)77(95)76(94)72(66-89)102-86/h5,7,11,13,17,19,23,25,29,31,34-35,37,39,43,45,62,64,70-74,76-87,89-92,94-100H,3-4,6,8-10,12,14-16,18,20-22,24,26-28,30,32-33,36,38,40-42,44,46-61,63,65-69H2,1-2H3,(H,88,93)/b7-5-,13-11-,19-17-,25-23-,31-29-,35-34-,39-37-,45-43-,64-62+. The molecule has 17 unspecified atom stereocenters. The molecule has 0 aromatic rings. The SMILES string of the molecule is CC/C=C\C/C=C\C/C=C\C/C=C\C/C=C\C/C=C\C/C=C\C/C=C\CCCCCCCCCCC(=O)NC(COC1OC(CO)C(OC2OC(CO)C(OC3OC(CO)C(O)C(O)C3O)C(O)C2O)C(O)C1O)C(O)/C=C/CCCCCCCCCCCCCCCCCCCCCCCCCCCC. The van der Waals surface area contributed by atoms with E-state index in [1.54, 1.807) is 6.08 Å². The normalized spacial score (nSPS) is 26.2. The molecule has 1 amide bonds. The average molecular weight is 1500 g/mol. The number of unbranched alkanes of at least 4 members (excludes halogenated alkanes) is 34. The summed E-state index contributed by atoms with van der Waals surface area (Å²) in [7, 11) is 0. The van der Waals surface area contributed by atoms with Gasteiger partial charge in [-0.15, -0.1) is 0 Å². The molecule has 17 atom stereocenters.